The Labute approximate surface area is 121 Å². The Morgan fingerprint density at radius 3 is 3.26 bits per heavy atom. The molecule has 5 nitrogen and oxygen atoms in total. The van der Waals surface area contributed by atoms with Gasteiger partial charge in [-0.1, -0.05) is 0 Å². The highest BCUT2D eigenvalue weighted by Gasteiger charge is 2.23. The van der Waals surface area contributed by atoms with Gasteiger partial charge in [0.2, 0.25) is 0 Å². The highest BCUT2D eigenvalue weighted by atomic mass is 79.9. The molecule has 0 saturated carbocycles. The van der Waals surface area contributed by atoms with E-state index in [0.717, 1.165) is 24.2 Å². The molecule has 1 fully saturated rings. The number of halogens is 1. The SMILES string of the molecule is COC(=O)CC1CN(Cc2ccnc(Br)c2)CCO1. The molecule has 1 unspecified atom stereocenters. The van der Waals surface area contributed by atoms with Crippen molar-refractivity contribution in [1.82, 2.24) is 9.88 Å². The monoisotopic (exact) mass is 328 g/mol. The van der Waals surface area contributed by atoms with Crippen LogP contribution in [0.25, 0.3) is 0 Å². The van der Waals surface area contributed by atoms with Crippen molar-refractivity contribution in [3.63, 3.8) is 0 Å². The summed E-state index contributed by atoms with van der Waals surface area (Å²) in [6.45, 7) is 3.10. The van der Waals surface area contributed by atoms with E-state index in [2.05, 4.69) is 30.6 Å². The summed E-state index contributed by atoms with van der Waals surface area (Å²) in [5, 5.41) is 0. The normalized spacial score (nSPS) is 20.2. The molecular weight excluding hydrogens is 312 g/mol. The van der Waals surface area contributed by atoms with E-state index in [4.69, 9.17) is 4.74 Å². The first-order valence-electron chi connectivity index (χ1n) is 6.18. The Morgan fingerprint density at radius 2 is 2.53 bits per heavy atom. The predicted molar refractivity (Wildman–Crippen MR) is 73.6 cm³/mol. The Bertz CT molecular complexity index is 442. The quantitative estimate of drug-likeness (QED) is 0.620. The van der Waals surface area contributed by atoms with Gasteiger partial charge in [-0.05, 0) is 33.6 Å². The molecule has 2 heterocycles. The molecule has 0 N–H and O–H groups in total. The number of carbonyl (C=O) groups excluding carboxylic acids is 1. The molecule has 1 saturated heterocycles. The highest BCUT2D eigenvalue weighted by Crippen LogP contribution is 2.14. The number of hydrogen-bond donors (Lipinski definition) is 0. The van der Waals surface area contributed by atoms with Crippen LogP contribution in [0.5, 0.6) is 0 Å². The lowest BCUT2D eigenvalue weighted by Gasteiger charge is -2.32. The van der Waals surface area contributed by atoms with Gasteiger partial charge in [0.05, 0.1) is 26.2 Å². The summed E-state index contributed by atoms with van der Waals surface area (Å²) in [6, 6.07) is 4.00. The van der Waals surface area contributed by atoms with Crippen molar-refractivity contribution in [2.24, 2.45) is 0 Å². The van der Waals surface area contributed by atoms with Gasteiger partial charge in [-0.3, -0.25) is 9.69 Å². The number of morpholine rings is 1. The molecule has 0 bridgehead atoms. The average molecular weight is 329 g/mol. The van der Waals surface area contributed by atoms with Crippen LogP contribution >= 0.6 is 15.9 Å². The number of methoxy groups -OCH3 is 1. The van der Waals surface area contributed by atoms with Gasteiger partial charge < -0.3 is 9.47 Å². The zero-order valence-electron chi connectivity index (χ0n) is 10.8. The second-order valence-corrected chi connectivity index (χ2v) is 5.31. The van der Waals surface area contributed by atoms with E-state index in [1.54, 1.807) is 6.20 Å². The fourth-order valence-corrected chi connectivity index (χ4v) is 2.53. The molecule has 2 rings (SSSR count). The number of rotatable bonds is 4. The topological polar surface area (TPSA) is 51.7 Å². The van der Waals surface area contributed by atoms with Gasteiger partial charge in [-0.2, -0.15) is 0 Å². The molecule has 1 aliphatic rings. The molecule has 1 atom stereocenters. The first-order valence-corrected chi connectivity index (χ1v) is 6.98. The summed E-state index contributed by atoms with van der Waals surface area (Å²) in [7, 11) is 1.40. The molecule has 1 aromatic heterocycles. The smallest absolute Gasteiger partial charge is 0.308 e. The maximum absolute atomic E-state index is 11.3. The first kappa shape index (κ1) is 14.4. The summed E-state index contributed by atoms with van der Waals surface area (Å²) >= 11 is 3.37. The molecule has 1 aromatic rings. The van der Waals surface area contributed by atoms with Crippen molar-refractivity contribution < 1.29 is 14.3 Å². The van der Waals surface area contributed by atoms with Crippen molar-refractivity contribution in [1.29, 1.82) is 0 Å². The minimum atomic E-state index is -0.224. The summed E-state index contributed by atoms with van der Waals surface area (Å²) < 4.78 is 11.1. The van der Waals surface area contributed by atoms with Gasteiger partial charge in [0.25, 0.3) is 0 Å². The molecule has 19 heavy (non-hydrogen) atoms. The molecule has 0 spiro atoms. The number of esters is 1. The standard InChI is InChI=1S/C13H17BrN2O3/c1-18-13(17)7-11-9-16(4-5-19-11)8-10-2-3-15-12(14)6-10/h2-3,6,11H,4-5,7-9H2,1H3. The lowest BCUT2D eigenvalue weighted by molar-refractivity contribution is -0.145. The maximum atomic E-state index is 11.3. The highest BCUT2D eigenvalue weighted by molar-refractivity contribution is 9.10. The van der Waals surface area contributed by atoms with Crippen LogP contribution in [0.15, 0.2) is 22.9 Å². The van der Waals surface area contributed by atoms with Crippen molar-refractivity contribution in [3.8, 4) is 0 Å². The molecule has 0 radical (unpaired) electrons. The van der Waals surface area contributed by atoms with Gasteiger partial charge in [0.1, 0.15) is 4.60 Å². The van der Waals surface area contributed by atoms with Gasteiger partial charge in [-0.15, -0.1) is 0 Å². The van der Waals surface area contributed by atoms with E-state index in [1.165, 1.54) is 12.7 Å². The number of aromatic nitrogens is 1. The van der Waals surface area contributed by atoms with Crippen LogP contribution in [0.1, 0.15) is 12.0 Å². The van der Waals surface area contributed by atoms with E-state index < -0.39 is 0 Å². The Morgan fingerprint density at radius 1 is 1.68 bits per heavy atom. The summed E-state index contributed by atoms with van der Waals surface area (Å²) in [6.07, 6.45) is 2.02. The lowest BCUT2D eigenvalue weighted by Crippen LogP contribution is -2.42. The van der Waals surface area contributed by atoms with Crippen LogP contribution in [0.4, 0.5) is 0 Å². The number of nitrogens with zero attached hydrogens (tertiary/aromatic N) is 2. The van der Waals surface area contributed by atoms with Gasteiger partial charge in [0.15, 0.2) is 0 Å². The Balaban J connectivity index is 1.89. The average Bonchev–Trinajstić information content (AvgIpc) is 2.39. The third kappa shape index (κ3) is 4.56. The second kappa shape index (κ2) is 6.98. The van der Waals surface area contributed by atoms with Crippen LogP contribution in [-0.2, 0) is 20.8 Å². The van der Waals surface area contributed by atoms with E-state index >= 15 is 0 Å². The second-order valence-electron chi connectivity index (χ2n) is 4.49. The van der Waals surface area contributed by atoms with Gasteiger partial charge in [0, 0.05) is 25.8 Å². The van der Waals surface area contributed by atoms with Crippen LogP contribution in [0.2, 0.25) is 0 Å². The molecule has 104 valence electrons. The summed E-state index contributed by atoms with van der Waals surface area (Å²) in [5.74, 6) is -0.224. The van der Waals surface area contributed by atoms with E-state index in [9.17, 15) is 4.79 Å². The van der Waals surface area contributed by atoms with Crippen molar-refractivity contribution in [3.05, 3.63) is 28.5 Å². The van der Waals surface area contributed by atoms with Crippen molar-refractivity contribution in [2.45, 2.75) is 19.1 Å². The third-order valence-corrected chi connectivity index (χ3v) is 3.48. The fourth-order valence-electron chi connectivity index (χ4n) is 2.12. The Hall–Kier alpha value is -0.980. The first-order chi connectivity index (χ1) is 9.17. The fraction of sp³-hybridized carbons (Fsp3) is 0.538. The maximum Gasteiger partial charge on any atom is 0.308 e. The van der Waals surface area contributed by atoms with Crippen LogP contribution in [0.3, 0.4) is 0 Å². The van der Waals surface area contributed by atoms with E-state index in [1.807, 2.05) is 12.1 Å². The van der Waals surface area contributed by atoms with Crippen LogP contribution in [-0.4, -0.2) is 48.8 Å². The molecule has 0 aliphatic carbocycles. The zero-order chi connectivity index (χ0) is 13.7. The minimum Gasteiger partial charge on any atom is -0.469 e. The van der Waals surface area contributed by atoms with Crippen LogP contribution in [0, 0.1) is 0 Å². The summed E-state index contributed by atoms with van der Waals surface area (Å²) in [4.78, 5) is 17.6. The lowest BCUT2D eigenvalue weighted by atomic mass is 10.2. The number of pyridine rings is 1. The predicted octanol–water partition coefficient (Wildman–Crippen LogP) is 1.61. The van der Waals surface area contributed by atoms with Gasteiger partial charge in [-0.25, -0.2) is 4.98 Å². The Kier molecular flexibility index (Phi) is 5.30. The van der Waals surface area contributed by atoms with Crippen molar-refractivity contribution in [2.75, 3.05) is 26.8 Å². The van der Waals surface area contributed by atoms with E-state index in [-0.39, 0.29) is 12.1 Å². The zero-order valence-corrected chi connectivity index (χ0v) is 12.4. The largest absolute Gasteiger partial charge is 0.469 e. The van der Waals surface area contributed by atoms with Crippen LogP contribution < -0.4 is 0 Å². The molecule has 0 amide bonds. The number of ether oxygens (including phenoxy) is 2. The number of hydrogen-bond acceptors (Lipinski definition) is 5. The molecular formula is C13H17BrN2O3. The minimum absolute atomic E-state index is 0.0773. The molecule has 0 aromatic carbocycles. The molecule has 1 aliphatic heterocycles. The molecule has 6 heteroatoms. The number of carbonyl (C=O) groups is 1. The van der Waals surface area contributed by atoms with Crippen molar-refractivity contribution >= 4 is 21.9 Å². The van der Waals surface area contributed by atoms with Gasteiger partial charge >= 0.3 is 5.97 Å². The third-order valence-electron chi connectivity index (χ3n) is 3.04. The summed E-state index contributed by atoms with van der Waals surface area (Å²) in [5.41, 5.74) is 1.19. The van der Waals surface area contributed by atoms with E-state index in [0.29, 0.717) is 13.0 Å².